The van der Waals surface area contributed by atoms with E-state index < -0.39 is 31.9 Å². The minimum absolute atomic E-state index is 0.449. The van der Waals surface area contributed by atoms with Crippen LogP contribution in [0.5, 0.6) is 0 Å². The van der Waals surface area contributed by atoms with Crippen molar-refractivity contribution in [3.05, 3.63) is 0 Å². The second kappa shape index (κ2) is 6.97. The zero-order valence-electron chi connectivity index (χ0n) is 7.44. The molecule has 0 saturated carbocycles. The molecule has 0 N–H and O–H groups in total. The Morgan fingerprint density at radius 1 is 0.812 bits per heavy atom. The predicted octanol–water partition coefficient (Wildman–Crippen LogP) is -0.00640. The van der Waals surface area contributed by atoms with Crippen molar-refractivity contribution in [3.8, 4) is 23.7 Å². The van der Waals surface area contributed by atoms with E-state index in [1.165, 1.54) is 0 Å². The molecule has 0 aromatic heterocycles. The van der Waals surface area contributed by atoms with E-state index in [0.29, 0.717) is 0 Å². The zero-order valence-corrected chi connectivity index (χ0v) is 10.6. The molecule has 90 valence electrons. The molecule has 0 aliphatic heterocycles. The van der Waals surface area contributed by atoms with E-state index in [1.807, 2.05) is 0 Å². The highest BCUT2D eigenvalue weighted by Gasteiger charge is 2.01. The van der Waals surface area contributed by atoms with E-state index in [2.05, 4.69) is 32.0 Å². The highest BCUT2D eigenvalue weighted by Crippen LogP contribution is 1.96. The predicted molar refractivity (Wildman–Crippen MR) is 57.0 cm³/mol. The lowest BCUT2D eigenvalue weighted by atomic mass is 10.5. The fourth-order valence-corrected chi connectivity index (χ4v) is 1.03. The molecule has 0 heterocycles. The summed E-state index contributed by atoms with van der Waals surface area (Å²) in [5, 5.41) is 0. The van der Waals surface area contributed by atoms with Crippen LogP contribution in [0, 0.1) is 23.7 Å². The Bertz CT molecular complexity index is 489. The fourth-order valence-electron chi connectivity index (χ4n) is 0.360. The van der Waals surface area contributed by atoms with E-state index >= 15 is 0 Å². The van der Waals surface area contributed by atoms with Gasteiger partial charge in [0.25, 0.3) is 0 Å². The third kappa shape index (κ3) is 13.5. The Hall–Kier alpha value is -0.480. The van der Waals surface area contributed by atoms with Crippen LogP contribution in [0.2, 0.25) is 0 Å². The Morgan fingerprint density at radius 3 is 1.38 bits per heavy atom. The van der Waals surface area contributed by atoms with Crippen LogP contribution in [0.4, 0.5) is 0 Å². The molecule has 10 heteroatoms. The summed E-state index contributed by atoms with van der Waals surface area (Å²) in [6.45, 7) is -0.898. The molecule has 0 unspecified atom stereocenters. The molecule has 0 aromatic carbocycles. The summed E-state index contributed by atoms with van der Waals surface area (Å²) in [6.07, 6.45) is 0. The summed E-state index contributed by atoms with van der Waals surface area (Å²) in [5.41, 5.74) is 0. The second-order valence-electron chi connectivity index (χ2n) is 1.91. The van der Waals surface area contributed by atoms with Gasteiger partial charge in [0.05, 0.1) is 0 Å². The average Bonchev–Trinajstić information content (AvgIpc) is 2.06. The maximum atomic E-state index is 10.2. The first kappa shape index (κ1) is 15.5. The molecule has 0 atom stereocenters. The van der Waals surface area contributed by atoms with E-state index in [4.69, 9.17) is 21.4 Å². The normalized spacial score (nSPS) is 10.9. The number of hydrogen-bond acceptors (Lipinski definition) is 6. The molecule has 0 aliphatic carbocycles. The van der Waals surface area contributed by atoms with Crippen molar-refractivity contribution < 1.29 is 25.2 Å². The molecular weight excluding hydrogens is 303 g/mol. The van der Waals surface area contributed by atoms with Gasteiger partial charge < -0.3 is 0 Å². The van der Waals surface area contributed by atoms with E-state index in [1.54, 1.807) is 0 Å². The summed E-state index contributed by atoms with van der Waals surface area (Å²) in [7, 11) is 1.30. The van der Waals surface area contributed by atoms with Gasteiger partial charge in [0.1, 0.15) is 13.2 Å². The second-order valence-corrected chi connectivity index (χ2v) is 6.23. The maximum Gasteiger partial charge on any atom is 0.356 e. The van der Waals surface area contributed by atoms with Crippen LogP contribution >= 0.6 is 21.4 Å². The third-order valence-electron chi connectivity index (χ3n) is 0.783. The Labute approximate surface area is 102 Å². The lowest BCUT2D eigenvalue weighted by Crippen LogP contribution is -1.97. The first-order valence-electron chi connectivity index (χ1n) is 3.34. The van der Waals surface area contributed by atoms with E-state index in [-0.39, 0.29) is 0 Å². The molecule has 0 rings (SSSR count). The molecule has 6 nitrogen and oxygen atoms in total. The summed E-state index contributed by atoms with van der Waals surface area (Å²) in [5.74, 6) is 8.72. The summed E-state index contributed by atoms with van der Waals surface area (Å²) < 4.78 is 48.9. The van der Waals surface area contributed by atoms with Crippen LogP contribution in [0.15, 0.2) is 0 Å². The minimum atomic E-state index is -4.04. The molecule has 0 aromatic rings. The Morgan fingerprint density at radius 2 is 1.12 bits per heavy atom. The van der Waals surface area contributed by atoms with Crippen molar-refractivity contribution in [3.63, 3.8) is 0 Å². The fraction of sp³-hybridized carbons (Fsp3) is 0.333. The molecule has 0 aliphatic rings. The third-order valence-corrected chi connectivity index (χ3v) is 2.12. The van der Waals surface area contributed by atoms with Crippen LogP contribution in [-0.4, -0.2) is 30.0 Å². The molecule has 0 saturated heterocycles. The minimum Gasteiger partial charge on any atom is -0.245 e. The quantitative estimate of drug-likeness (QED) is 0.536. The summed E-state index contributed by atoms with van der Waals surface area (Å²) in [6, 6.07) is 0. The number of rotatable bonds is 4. The smallest absolute Gasteiger partial charge is 0.245 e. The van der Waals surface area contributed by atoms with Crippen molar-refractivity contribution in [2.45, 2.75) is 0 Å². The topological polar surface area (TPSA) is 86.7 Å². The van der Waals surface area contributed by atoms with Gasteiger partial charge in [-0.1, -0.05) is 11.8 Å². The van der Waals surface area contributed by atoms with Crippen LogP contribution in [-0.2, 0) is 27.0 Å². The van der Waals surface area contributed by atoms with Gasteiger partial charge in [-0.25, -0.2) is 8.37 Å². The van der Waals surface area contributed by atoms with Gasteiger partial charge in [0.15, 0.2) is 0 Å². The first-order chi connectivity index (χ1) is 7.21. The lowest BCUT2D eigenvalue weighted by molar-refractivity contribution is 0.374. The van der Waals surface area contributed by atoms with Crippen molar-refractivity contribution in [1.82, 2.24) is 0 Å². The number of halogens is 2. The van der Waals surface area contributed by atoms with Crippen molar-refractivity contribution in [2.24, 2.45) is 0 Å². The number of hydrogen-bond donors (Lipinski definition) is 0. The highest BCUT2D eigenvalue weighted by atomic mass is 35.7. The van der Waals surface area contributed by atoms with Gasteiger partial charge in [-0.05, 0) is 11.8 Å². The SMILES string of the molecule is O=S(=O)(Cl)OCC#CC#CCOS(=O)(=O)Cl. The first-order valence-corrected chi connectivity index (χ1v) is 7.81. The molecule has 0 radical (unpaired) electrons. The van der Waals surface area contributed by atoms with E-state index in [9.17, 15) is 16.8 Å². The monoisotopic (exact) mass is 306 g/mol. The molecule has 0 spiro atoms. The zero-order chi connectivity index (χ0) is 12.7. The van der Waals surface area contributed by atoms with Gasteiger partial charge in [-0.3, -0.25) is 0 Å². The molecule has 0 amide bonds. The molecule has 0 bridgehead atoms. The average molecular weight is 307 g/mol. The van der Waals surface area contributed by atoms with Crippen molar-refractivity contribution in [2.75, 3.05) is 13.2 Å². The van der Waals surface area contributed by atoms with Gasteiger partial charge in [-0.2, -0.15) is 16.8 Å². The van der Waals surface area contributed by atoms with Gasteiger partial charge in [0.2, 0.25) is 0 Å². The van der Waals surface area contributed by atoms with Crippen LogP contribution in [0.1, 0.15) is 0 Å². The lowest BCUT2D eigenvalue weighted by Gasteiger charge is -1.88. The van der Waals surface area contributed by atoms with Gasteiger partial charge >= 0.3 is 18.7 Å². The van der Waals surface area contributed by atoms with Crippen molar-refractivity contribution >= 4 is 40.0 Å². The van der Waals surface area contributed by atoms with Crippen LogP contribution in [0.3, 0.4) is 0 Å². The molecule has 16 heavy (non-hydrogen) atoms. The highest BCUT2D eigenvalue weighted by molar-refractivity contribution is 8.10. The Kier molecular flexibility index (Phi) is 6.76. The summed E-state index contributed by atoms with van der Waals surface area (Å²) in [4.78, 5) is 0. The molecular formula is C6H4Cl2O6S2. The largest absolute Gasteiger partial charge is 0.356 e. The van der Waals surface area contributed by atoms with E-state index in [0.717, 1.165) is 0 Å². The van der Waals surface area contributed by atoms with Gasteiger partial charge in [-0.15, -0.1) is 0 Å². The maximum absolute atomic E-state index is 10.2. The molecule has 0 fully saturated rings. The summed E-state index contributed by atoms with van der Waals surface area (Å²) >= 11 is 0. The van der Waals surface area contributed by atoms with Gasteiger partial charge in [0, 0.05) is 21.4 Å². The van der Waals surface area contributed by atoms with Crippen LogP contribution < -0.4 is 0 Å². The van der Waals surface area contributed by atoms with Crippen molar-refractivity contribution in [1.29, 1.82) is 0 Å². The van der Waals surface area contributed by atoms with Crippen LogP contribution in [0.25, 0.3) is 0 Å². The Balaban J connectivity index is 3.90. The standard InChI is InChI=1S/C6H4Cl2O6S2/c7-15(9,10)13-5-3-1-2-4-6-14-16(8,11)12/h5-6H2.